The number of nitrogens with one attached hydrogen (secondary N) is 1. The molecule has 3 heterocycles. The van der Waals surface area contributed by atoms with Crippen molar-refractivity contribution in [2.75, 3.05) is 20.3 Å². The van der Waals surface area contributed by atoms with Gasteiger partial charge in [-0.3, -0.25) is 14.7 Å². The maximum atomic E-state index is 13.1. The van der Waals surface area contributed by atoms with Gasteiger partial charge in [-0.15, -0.1) is 0 Å². The molecule has 0 unspecified atom stereocenters. The Bertz CT molecular complexity index is 1330. The van der Waals surface area contributed by atoms with Crippen LogP contribution in [0, 0.1) is 0 Å². The van der Waals surface area contributed by atoms with Gasteiger partial charge in [0.25, 0.3) is 11.5 Å². The maximum Gasteiger partial charge on any atom is 0.273 e. The van der Waals surface area contributed by atoms with E-state index in [0.717, 1.165) is 5.56 Å². The molecule has 1 N–H and O–H groups in total. The number of H-pyrrole nitrogens is 1. The molecule has 0 saturated carbocycles. The summed E-state index contributed by atoms with van der Waals surface area (Å²) in [6, 6.07) is 16.6. The largest absolute Gasteiger partial charge is 0.486 e. The van der Waals surface area contributed by atoms with Crippen LogP contribution >= 0.6 is 0 Å². The third kappa shape index (κ3) is 3.52. The molecule has 5 rings (SSSR count). The number of amides is 1. The van der Waals surface area contributed by atoms with Crippen LogP contribution in [-0.2, 0) is 6.54 Å². The second-order valence-electron chi connectivity index (χ2n) is 7.33. The summed E-state index contributed by atoms with van der Waals surface area (Å²) in [5, 5.41) is 2.83. The lowest BCUT2D eigenvalue weighted by Crippen LogP contribution is -2.26. The molecule has 8 heteroatoms. The molecule has 1 aliphatic rings. The number of hydrogen-bond donors (Lipinski definition) is 1. The summed E-state index contributed by atoms with van der Waals surface area (Å²) in [6.45, 7) is 1.42. The van der Waals surface area contributed by atoms with Crippen LogP contribution in [0.15, 0.2) is 65.6 Å². The van der Waals surface area contributed by atoms with E-state index in [1.165, 1.54) is 16.8 Å². The third-order valence-electron chi connectivity index (χ3n) is 5.18. The number of carbonyl (C=O) groups excluding carboxylic acids is 1. The number of aromatic nitrogens is 3. The first-order valence-electron chi connectivity index (χ1n) is 9.91. The van der Waals surface area contributed by atoms with Gasteiger partial charge in [-0.2, -0.15) is 0 Å². The zero-order valence-electron chi connectivity index (χ0n) is 16.9. The standard InChI is InChI=1S/C23H20N4O4/c1-26(14-15-5-3-2-4-6-15)23(29)17-13-24-27-21(28)12-18(25-22(17)27)16-7-8-19-20(11-16)31-10-9-30-19/h2-8,11-13,24H,9-10,14H2,1H3. The van der Waals surface area contributed by atoms with Crippen molar-refractivity contribution in [3.8, 4) is 22.8 Å². The monoisotopic (exact) mass is 416 g/mol. The molecular weight excluding hydrogens is 396 g/mol. The minimum absolute atomic E-state index is 0.228. The number of ether oxygens (including phenoxy) is 2. The van der Waals surface area contributed by atoms with Crippen LogP contribution in [0.1, 0.15) is 15.9 Å². The molecule has 0 atom stereocenters. The molecular formula is C23H20N4O4. The van der Waals surface area contributed by atoms with E-state index in [-0.39, 0.29) is 17.1 Å². The van der Waals surface area contributed by atoms with Crippen molar-refractivity contribution in [1.29, 1.82) is 0 Å². The summed E-state index contributed by atoms with van der Waals surface area (Å²) in [4.78, 5) is 32.0. The summed E-state index contributed by atoms with van der Waals surface area (Å²) in [7, 11) is 1.72. The first-order chi connectivity index (χ1) is 15.1. The molecule has 1 amide bonds. The zero-order valence-corrected chi connectivity index (χ0v) is 16.9. The van der Waals surface area contributed by atoms with Gasteiger partial charge < -0.3 is 14.4 Å². The molecule has 156 valence electrons. The van der Waals surface area contributed by atoms with Crippen molar-refractivity contribution >= 4 is 11.6 Å². The molecule has 4 aromatic rings. The zero-order chi connectivity index (χ0) is 21.4. The van der Waals surface area contributed by atoms with E-state index in [2.05, 4.69) is 10.1 Å². The number of fused-ring (bicyclic) bond motifs is 2. The number of rotatable bonds is 4. The van der Waals surface area contributed by atoms with Gasteiger partial charge in [0.2, 0.25) is 0 Å². The highest BCUT2D eigenvalue weighted by atomic mass is 16.6. The summed E-state index contributed by atoms with van der Waals surface area (Å²) < 4.78 is 12.5. The van der Waals surface area contributed by atoms with Crippen LogP contribution in [0.2, 0.25) is 0 Å². The number of hydrogen-bond acceptors (Lipinski definition) is 5. The van der Waals surface area contributed by atoms with E-state index in [4.69, 9.17) is 9.47 Å². The van der Waals surface area contributed by atoms with Gasteiger partial charge in [-0.25, -0.2) is 9.50 Å². The first-order valence-corrected chi connectivity index (χ1v) is 9.91. The average molecular weight is 416 g/mol. The van der Waals surface area contributed by atoms with Crippen molar-refractivity contribution in [3.63, 3.8) is 0 Å². The molecule has 0 fully saturated rings. The molecule has 0 aliphatic carbocycles. The van der Waals surface area contributed by atoms with Crippen LogP contribution in [-0.4, -0.2) is 45.7 Å². The average Bonchev–Trinajstić information content (AvgIpc) is 3.23. The maximum absolute atomic E-state index is 13.1. The van der Waals surface area contributed by atoms with Crippen molar-refractivity contribution in [2.45, 2.75) is 6.54 Å². The number of benzene rings is 2. The van der Waals surface area contributed by atoms with E-state index in [1.807, 2.05) is 36.4 Å². The second-order valence-corrected chi connectivity index (χ2v) is 7.33. The van der Waals surface area contributed by atoms with Crippen molar-refractivity contribution < 1.29 is 14.3 Å². The molecule has 2 aromatic carbocycles. The molecule has 1 aliphatic heterocycles. The minimum Gasteiger partial charge on any atom is -0.486 e. The molecule has 0 bridgehead atoms. The fraction of sp³-hybridized carbons (Fsp3) is 0.174. The third-order valence-corrected chi connectivity index (χ3v) is 5.18. The van der Waals surface area contributed by atoms with E-state index < -0.39 is 0 Å². The quantitative estimate of drug-likeness (QED) is 0.553. The normalized spacial score (nSPS) is 12.7. The molecule has 8 nitrogen and oxygen atoms in total. The van der Waals surface area contributed by atoms with Crippen LogP contribution in [0.3, 0.4) is 0 Å². The number of nitrogens with zero attached hydrogens (tertiary/aromatic N) is 3. The van der Waals surface area contributed by atoms with Crippen molar-refractivity contribution in [3.05, 3.63) is 82.3 Å². The number of carbonyl (C=O) groups is 1. The van der Waals surface area contributed by atoms with E-state index in [1.54, 1.807) is 24.1 Å². The highest BCUT2D eigenvalue weighted by Gasteiger charge is 2.20. The van der Waals surface area contributed by atoms with Crippen LogP contribution in [0.4, 0.5) is 0 Å². The molecule has 0 saturated heterocycles. The predicted molar refractivity (Wildman–Crippen MR) is 114 cm³/mol. The van der Waals surface area contributed by atoms with Gasteiger partial charge in [-0.05, 0) is 23.8 Å². The Morgan fingerprint density at radius 1 is 1.10 bits per heavy atom. The van der Waals surface area contributed by atoms with Gasteiger partial charge in [0.1, 0.15) is 18.8 Å². The summed E-state index contributed by atoms with van der Waals surface area (Å²) in [5.74, 6) is 1.04. The van der Waals surface area contributed by atoms with E-state index >= 15 is 0 Å². The lowest BCUT2D eigenvalue weighted by Gasteiger charge is -2.18. The first kappa shape index (κ1) is 18.9. The van der Waals surface area contributed by atoms with E-state index in [0.29, 0.717) is 48.1 Å². The van der Waals surface area contributed by atoms with Crippen LogP contribution in [0.25, 0.3) is 16.9 Å². The Morgan fingerprint density at radius 2 is 1.87 bits per heavy atom. The fourth-order valence-corrected chi connectivity index (χ4v) is 3.62. The van der Waals surface area contributed by atoms with E-state index in [9.17, 15) is 9.59 Å². The molecule has 2 aromatic heterocycles. The highest BCUT2D eigenvalue weighted by Crippen LogP contribution is 2.33. The lowest BCUT2D eigenvalue weighted by atomic mass is 10.1. The summed E-state index contributed by atoms with van der Waals surface area (Å²) >= 11 is 0. The Balaban J connectivity index is 1.51. The topological polar surface area (TPSA) is 88.9 Å². The Hall–Kier alpha value is -4.07. The lowest BCUT2D eigenvalue weighted by molar-refractivity contribution is 0.0787. The van der Waals surface area contributed by atoms with Gasteiger partial charge in [0.15, 0.2) is 17.1 Å². The molecule has 0 spiro atoms. The predicted octanol–water partition coefficient (Wildman–Crippen LogP) is 2.73. The number of aromatic amines is 1. The van der Waals surface area contributed by atoms with Crippen molar-refractivity contribution in [2.24, 2.45) is 0 Å². The Kier molecular flexibility index (Phi) is 4.66. The van der Waals surface area contributed by atoms with Gasteiger partial charge >= 0.3 is 0 Å². The van der Waals surface area contributed by atoms with Gasteiger partial charge in [0, 0.05) is 31.4 Å². The van der Waals surface area contributed by atoms with Crippen LogP contribution < -0.4 is 15.0 Å². The molecule has 0 radical (unpaired) electrons. The second kappa shape index (κ2) is 7.64. The Morgan fingerprint density at radius 3 is 2.68 bits per heavy atom. The smallest absolute Gasteiger partial charge is 0.273 e. The summed E-state index contributed by atoms with van der Waals surface area (Å²) in [6.07, 6.45) is 1.52. The highest BCUT2D eigenvalue weighted by molar-refractivity contribution is 5.99. The van der Waals surface area contributed by atoms with Crippen molar-refractivity contribution in [1.82, 2.24) is 19.5 Å². The Labute approximate surface area is 177 Å². The fourth-order valence-electron chi connectivity index (χ4n) is 3.62. The SMILES string of the molecule is CN(Cc1ccccc1)C(=O)c1c[nH]n2c(=O)cc(-c3ccc4c(c3)OCCO4)nc12. The minimum atomic E-state index is -0.306. The van der Waals surface area contributed by atoms with Gasteiger partial charge in [0.05, 0.1) is 5.69 Å². The van der Waals surface area contributed by atoms with Crippen LogP contribution in [0.5, 0.6) is 11.5 Å². The molecule has 31 heavy (non-hydrogen) atoms. The van der Waals surface area contributed by atoms with Gasteiger partial charge in [-0.1, -0.05) is 30.3 Å². The summed E-state index contributed by atoms with van der Waals surface area (Å²) in [5.41, 5.74) is 2.49.